The van der Waals surface area contributed by atoms with Gasteiger partial charge >= 0.3 is 0 Å². The molecule has 1 amide bonds. The lowest BCUT2D eigenvalue weighted by Gasteiger charge is -2.19. The number of hydrogen-bond donors (Lipinski definition) is 2. The van der Waals surface area contributed by atoms with Crippen molar-refractivity contribution in [2.75, 3.05) is 30.4 Å². The Hall–Kier alpha value is -1.40. The molecule has 0 bridgehead atoms. The predicted molar refractivity (Wildman–Crippen MR) is 85.9 cm³/mol. The molecule has 120 valence electrons. The van der Waals surface area contributed by atoms with Gasteiger partial charge in [-0.3, -0.25) is 4.79 Å². The molecule has 3 rings (SSSR count). The summed E-state index contributed by atoms with van der Waals surface area (Å²) < 4.78 is 23.0. The molecule has 5 nitrogen and oxygen atoms in total. The number of aryl methyl sites for hydroxylation is 2. The second-order valence-corrected chi connectivity index (χ2v) is 8.74. The minimum atomic E-state index is -2.89. The molecule has 2 N–H and O–H groups in total. The van der Waals surface area contributed by atoms with Crippen LogP contribution < -0.4 is 10.2 Å². The molecule has 2 atom stereocenters. The third-order valence-corrected chi connectivity index (χ3v) is 6.52. The van der Waals surface area contributed by atoms with Gasteiger partial charge in [-0.25, -0.2) is 8.42 Å². The van der Waals surface area contributed by atoms with Gasteiger partial charge in [0.15, 0.2) is 16.4 Å². The fourth-order valence-electron chi connectivity index (χ4n) is 3.44. The molecular formula is C16H23N2O3S+. The molecule has 0 saturated carbocycles. The molecule has 0 radical (unpaired) electrons. The Balaban J connectivity index is 1.56. The predicted octanol–water partition coefficient (Wildman–Crippen LogP) is -0.184. The van der Waals surface area contributed by atoms with Crippen LogP contribution in [0.3, 0.4) is 0 Å². The summed E-state index contributed by atoms with van der Waals surface area (Å²) in [5.41, 5.74) is 3.56. The van der Waals surface area contributed by atoms with E-state index in [1.807, 2.05) is 13.1 Å². The highest BCUT2D eigenvalue weighted by Gasteiger charge is 2.34. The zero-order chi connectivity index (χ0) is 15.7. The summed E-state index contributed by atoms with van der Waals surface area (Å²) in [5, 5.41) is 2.94. The second-order valence-electron chi connectivity index (χ2n) is 6.51. The van der Waals surface area contributed by atoms with Crippen LogP contribution in [0.1, 0.15) is 24.0 Å². The maximum absolute atomic E-state index is 12.2. The number of hydrogen-bond acceptors (Lipinski definition) is 3. The van der Waals surface area contributed by atoms with Crippen LogP contribution in [0.25, 0.3) is 0 Å². The van der Waals surface area contributed by atoms with Gasteiger partial charge in [0.25, 0.3) is 5.91 Å². The molecule has 22 heavy (non-hydrogen) atoms. The Bertz CT molecular complexity index is 685. The molecule has 1 unspecified atom stereocenters. The van der Waals surface area contributed by atoms with Crippen molar-refractivity contribution in [2.45, 2.75) is 31.7 Å². The Kier molecular flexibility index (Phi) is 4.23. The zero-order valence-electron chi connectivity index (χ0n) is 12.9. The van der Waals surface area contributed by atoms with E-state index < -0.39 is 9.84 Å². The number of carbonyl (C=O) groups excluding carboxylic acids is 1. The van der Waals surface area contributed by atoms with Crippen molar-refractivity contribution in [2.24, 2.45) is 0 Å². The molecule has 1 aliphatic carbocycles. The Morgan fingerprint density at radius 2 is 2.09 bits per heavy atom. The minimum absolute atomic E-state index is 0.0378. The molecule has 0 spiro atoms. The summed E-state index contributed by atoms with van der Waals surface area (Å²) in [5.74, 6) is 0.395. The molecule has 0 aromatic heterocycles. The van der Waals surface area contributed by atoms with Crippen LogP contribution >= 0.6 is 0 Å². The van der Waals surface area contributed by atoms with Crippen LogP contribution in [0.4, 0.5) is 5.69 Å². The summed E-state index contributed by atoms with van der Waals surface area (Å²) in [6.45, 7) is 0.303. The molecule has 1 aromatic rings. The number of amides is 1. The summed E-state index contributed by atoms with van der Waals surface area (Å²) in [7, 11) is -0.998. The third kappa shape index (κ3) is 3.50. The van der Waals surface area contributed by atoms with Gasteiger partial charge in [-0.2, -0.15) is 0 Å². The van der Waals surface area contributed by atoms with Gasteiger partial charge in [0.2, 0.25) is 0 Å². The van der Waals surface area contributed by atoms with Crippen molar-refractivity contribution >= 4 is 21.4 Å². The minimum Gasteiger partial charge on any atom is -0.326 e. The zero-order valence-corrected chi connectivity index (χ0v) is 13.7. The van der Waals surface area contributed by atoms with Gasteiger partial charge in [0.05, 0.1) is 12.8 Å². The fourth-order valence-corrected chi connectivity index (χ4v) is 5.31. The number of likely N-dealkylation sites (N-methyl/N-ethyl adjacent to an activating group) is 1. The quantitative estimate of drug-likeness (QED) is 0.807. The van der Waals surface area contributed by atoms with E-state index in [9.17, 15) is 13.2 Å². The fraction of sp³-hybridized carbons (Fsp3) is 0.562. The highest BCUT2D eigenvalue weighted by molar-refractivity contribution is 7.91. The number of nitrogens with one attached hydrogen (secondary N) is 2. The van der Waals surface area contributed by atoms with Gasteiger partial charge in [-0.1, -0.05) is 6.07 Å². The number of anilines is 1. The summed E-state index contributed by atoms with van der Waals surface area (Å²) >= 11 is 0. The van der Waals surface area contributed by atoms with E-state index in [4.69, 9.17) is 0 Å². The van der Waals surface area contributed by atoms with Gasteiger partial charge < -0.3 is 10.2 Å². The highest BCUT2D eigenvalue weighted by atomic mass is 32.2. The molecule has 2 aliphatic rings. The van der Waals surface area contributed by atoms with Crippen molar-refractivity contribution in [3.05, 3.63) is 29.3 Å². The number of rotatable bonds is 4. The lowest BCUT2D eigenvalue weighted by molar-refractivity contribution is -0.894. The molecular weight excluding hydrogens is 300 g/mol. The van der Waals surface area contributed by atoms with Crippen molar-refractivity contribution in [1.82, 2.24) is 0 Å². The number of sulfone groups is 1. The van der Waals surface area contributed by atoms with E-state index in [0.717, 1.165) is 23.4 Å². The summed E-state index contributed by atoms with van der Waals surface area (Å²) in [4.78, 5) is 13.1. The van der Waals surface area contributed by atoms with Crippen LogP contribution in [-0.4, -0.2) is 45.5 Å². The second kappa shape index (κ2) is 6.01. The molecule has 1 fully saturated rings. The van der Waals surface area contributed by atoms with Crippen LogP contribution in [0.15, 0.2) is 18.2 Å². The van der Waals surface area contributed by atoms with Gasteiger partial charge in [-0.05, 0) is 42.5 Å². The van der Waals surface area contributed by atoms with E-state index in [1.165, 1.54) is 17.5 Å². The van der Waals surface area contributed by atoms with Crippen molar-refractivity contribution in [3.63, 3.8) is 0 Å². The molecule has 1 aliphatic heterocycles. The standard InChI is InChI=1S/C16H22N2O3S/c1-18(15-7-8-22(20,21)11-15)10-16(19)17-14-6-5-12-3-2-4-13(12)9-14/h5-6,9,15H,2-4,7-8,10-11H2,1H3,(H,17,19)/p+1/t15-/m1/s1. The first-order valence-electron chi connectivity index (χ1n) is 7.87. The number of benzene rings is 1. The van der Waals surface area contributed by atoms with Crippen molar-refractivity contribution in [1.29, 1.82) is 0 Å². The van der Waals surface area contributed by atoms with E-state index in [-0.39, 0.29) is 23.5 Å². The summed E-state index contributed by atoms with van der Waals surface area (Å²) in [6.07, 6.45) is 4.06. The average molecular weight is 323 g/mol. The van der Waals surface area contributed by atoms with E-state index in [0.29, 0.717) is 13.0 Å². The summed E-state index contributed by atoms with van der Waals surface area (Å²) in [6, 6.07) is 6.15. The first kappa shape index (κ1) is 15.5. The first-order valence-corrected chi connectivity index (χ1v) is 9.69. The number of fused-ring (bicyclic) bond motifs is 1. The highest BCUT2D eigenvalue weighted by Crippen LogP contribution is 2.24. The molecule has 1 saturated heterocycles. The van der Waals surface area contributed by atoms with Crippen molar-refractivity contribution < 1.29 is 18.1 Å². The molecule has 6 heteroatoms. The smallest absolute Gasteiger partial charge is 0.279 e. The monoisotopic (exact) mass is 323 g/mol. The van der Waals surface area contributed by atoms with Crippen LogP contribution in [0.2, 0.25) is 0 Å². The molecule has 1 aromatic carbocycles. The van der Waals surface area contributed by atoms with Crippen LogP contribution in [-0.2, 0) is 27.5 Å². The number of quaternary nitrogens is 1. The lowest BCUT2D eigenvalue weighted by atomic mass is 10.1. The van der Waals surface area contributed by atoms with E-state index in [1.54, 1.807) is 0 Å². The van der Waals surface area contributed by atoms with Crippen LogP contribution in [0.5, 0.6) is 0 Å². The van der Waals surface area contributed by atoms with Crippen molar-refractivity contribution in [3.8, 4) is 0 Å². The average Bonchev–Trinajstić information content (AvgIpc) is 3.04. The topological polar surface area (TPSA) is 67.7 Å². The lowest BCUT2D eigenvalue weighted by Crippen LogP contribution is -3.14. The largest absolute Gasteiger partial charge is 0.326 e. The van der Waals surface area contributed by atoms with Gasteiger partial charge in [-0.15, -0.1) is 0 Å². The van der Waals surface area contributed by atoms with Gasteiger partial charge in [0.1, 0.15) is 11.8 Å². The Labute approximate surface area is 131 Å². The Morgan fingerprint density at radius 1 is 1.32 bits per heavy atom. The molecule has 1 heterocycles. The Morgan fingerprint density at radius 3 is 2.82 bits per heavy atom. The SMILES string of the molecule is C[NH+](CC(=O)Nc1ccc2c(c1)CCC2)[C@@H]1CCS(=O)(=O)C1. The van der Waals surface area contributed by atoms with Crippen LogP contribution in [0, 0.1) is 0 Å². The van der Waals surface area contributed by atoms with E-state index >= 15 is 0 Å². The normalized spacial score (nSPS) is 24.0. The first-order chi connectivity index (χ1) is 10.4. The van der Waals surface area contributed by atoms with E-state index in [2.05, 4.69) is 17.4 Å². The number of carbonyl (C=O) groups is 1. The maximum atomic E-state index is 12.2. The van der Waals surface area contributed by atoms with Gasteiger partial charge in [0, 0.05) is 12.1 Å². The third-order valence-electron chi connectivity index (χ3n) is 4.75. The maximum Gasteiger partial charge on any atom is 0.279 e.